The van der Waals surface area contributed by atoms with Gasteiger partial charge in [0.15, 0.2) is 0 Å². The summed E-state index contributed by atoms with van der Waals surface area (Å²) in [5.74, 6) is 0.503. The molecule has 0 bridgehead atoms. The smallest absolute Gasteiger partial charge is 0.318 e. The average Bonchev–Trinajstić information content (AvgIpc) is 2.51. The van der Waals surface area contributed by atoms with Gasteiger partial charge in [0.1, 0.15) is 5.75 Å². The van der Waals surface area contributed by atoms with Gasteiger partial charge in [-0.2, -0.15) is 0 Å². The van der Waals surface area contributed by atoms with Crippen LogP contribution in [0.25, 0.3) is 0 Å². The van der Waals surface area contributed by atoms with Gasteiger partial charge in [0.2, 0.25) is 0 Å². The summed E-state index contributed by atoms with van der Waals surface area (Å²) in [5, 5.41) is 0. The summed E-state index contributed by atoms with van der Waals surface area (Å²) in [5.41, 5.74) is 3.48. The first-order chi connectivity index (χ1) is 8.51. The van der Waals surface area contributed by atoms with Crippen LogP contribution in [0.5, 0.6) is 5.75 Å². The minimum absolute atomic E-state index is 0.0321. The first kappa shape index (κ1) is 14.1. The van der Waals surface area contributed by atoms with Crippen LogP contribution in [0.4, 0.5) is 0 Å². The molecule has 1 aliphatic rings. The highest BCUT2D eigenvalue weighted by molar-refractivity contribution is 5.86. The Labute approximate surface area is 116 Å². The zero-order valence-corrected chi connectivity index (χ0v) is 13.0. The summed E-state index contributed by atoms with van der Waals surface area (Å²) >= 11 is 0. The fraction of sp³-hybridized carbons (Fsp3) is 0.588. The van der Waals surface area contributed by atoms with Gasteiger partial charge in [-0.15, -0.1) is 0 Å². The fourth-order valence-corrected chi connectivity index (χ4v) is 2.39. The number of esters is 1. The monoisotopic (exact) mass is 260 g/mol. The third-order valence-electron chi connectivity index (χ3n) is 3.81. The van der Waals surface area contributed by atoms with Crippen LogP contribution in [-0.2, 0) is 15.6 Å². The van der Waals surface area contributed by atoms with Crippen LogP contribution in [0.15, 0.2) is 12.1 Å². The van der Waals surface area contributed by atoms with E-state index in [0.717, 1.165) is 16.9 Å². The van der Waals surface area contributed by atoms with Gasteiger partial charge in [-0.25, -0.2) is 0 Å². The van der Waals surface area contributed by atoms with E-state index in [1.54, 1.807) is 0 Å². The minimum Gasteiger partial charge on any atom is -0.425 e. The van der Waals surface area contributed by atoms with E-state index in [-0.39, 0.29) is 22.7 Å². The lowest BCUT2D eigenvalue weighted by Crippen LogP contribution is -2.17. The Balaban J connectivity index is 2.72. The van der Waals surface area contributed by atoms with Crippen LogP contribution in [0, 0.1) is 0 Å². The largest absolute Gasteiger partial charge is 0.425 e. The van der Waals surface area contributed by atoms with E-state index in [1.165, 1.54) is 5.56 Å². The summed E-state index contributed by atoms with van der Waals surface area (Å²) in [6, 6.07) is 4.34. The van der Waals surface area contributed by atoms with Crippen molar-refractivity contribution in [3.63, 3.8) is 0 Å². The number of rotatable bonds is 0. The molecule has 2 heteroatoms. The van der Waals surface area contributed by atoms with Crippen LogP contribution in [0.2, 0.25) is 0 Å². The predicted octanol–water partition coefficient (Wildman–Crippen LogP) is 4.30. The maximum absolute atomic E-state index is 11.8. The second-order valence-electron chi connectivity index (χ2n) is 7.58. The average molecular weight is 260 g/mol. The Hall–Kier alpha value is -1.31. The molecule has 0 spiro atoms. The molecule has 104 valence electrons. The molecule has 0 aliphatic carbocycles. The van der Waals surface area contributed by atoms with Crippen molar-refractivity contribution in [2.24, 2.45) is 0 Å². The molecule has 1 unspecified atom stereocenters. The number of carbonyl (C=O) groups is 1. The third-order valence-corrected chi connectivity index (χ3v) is 3.81. The van der Waals surface area contributed by atoms with E-state index in [1.807, 2.05) is 6.92 Å². The van der Waals surface area contributed by atoms with Crippen molar-refractivity contribution in [2.75, 3.05) is 0 Å². The number of carbonyl (C=O) groups excluding carboxylic acids is 1. The number of hydrogen-bond acceptors (Lipinski definition) is 2. The second-order valence-corrected chi connectivity index (χ2v) is 7.58. The Bertz CT molecular complexity index is 527. The first-order valence-corrected chi connectivity index (χ1v) is 6.92. The summed E-state index contributed by atoms with van der Waals surface area (Å²) < 4.78 is 5.51. The molecule has 1 aliphatic heterocycles. The van der Waals surface area contributed by atoms with Crippen LogP contribution >= 0.6 is 0 Å². The SMILES string of the molecule is CC1C(=O)Oc2c1cc(C(C)(C)C)cc2C(C)(C)C. The highest BCUT2D eigenvalue weighted by Crippen LogP contribution is 2.44. The van der Waals surface area contributed by atoms with E-state index in [4.69, 9.17) is 4.74 Å². The van der Waals surface area contributed by atoms with Crippen molar-refractivity contribution in [3.8, 4) is 5.75 Å². The summed E-state index contributed by atoms with van der Waals surface area (Å²) in [6.07, 6.45) is 0. The van der Waals surface area contributed by atoms with E-state index >= 15 is 0 Å². The third kappa shape index (κ3) is 2.41. The van der Waals surface area contributed by atoms with Crippen LogP contribution in [0.1, 0.15) is 71.1 Å². The molecule has 0 fully saturated rings. The lowest BCUT2D eigenvalue weighted by atomic mass is 9.78. The van der Waals surface area contributed by atoms with E-state index in [9.17, 15) is 4.79 Å². The molecule has 0 amide bonds. The van der Waals surface area contributed by atoms with Crippen molar-refractivity contribution in [2.45, 2.75) is 65.2 Å². The first-order valence-electron chi connectivity index (χ1n) is 6.92. The molecule has 1 heterocycles. The van der Waals surface area contributed by atoms with Crippen molar-refractivity contribution in [1.29, 1.82) is 0 Å². The highest BCUT2D eigenvalue weighted by Gasteiger charge is 2.35. The summed E-state index contributed by atoms with van der Waals surface area (Å²) in [6.45, 7) is 15.0. The van der Waals surface area contributed by atoms with Crippen molar-refractivity contribution in [1.82, 2.24) is 0 Å². The molecule has 1 aromatic rings. The zero-order valence-electron chi connectivity index (χ0n) is 13.0. The van der Waals surface area contributed by atoms with Gasteiger partial charge in [0.25, 0.3) is 0 Å². The standard InChI is InChI=1S/C17H24O2/c1-10-12-8-11(16(2,3)4)9-13(17(5,6)7)14(12)19-15(10)18/h8-10H,1-7H3. The van der Waals surface area contributed by atoms with E-state index in [2.05, 4.69) is 53.7 Å². The molecular weight excluding hydrogens is 236 g/mol. The molecular formula is C17H24O2. The van der Waals surface area contributed by atoms with Gasteiger partial charge in [0, 0.05) is 11.1 Å². The van der Waals surface area contributed by atoms with Gasteiger partial charge in [-0.3, -0.25) is 4.79 Å². The predicted molar refractivity (Wildman–Crippen MR) is 77.9 cm³/mol. The molecule has 0 radical (unpaired) electrons. The van der Waals surface area contributed by atoms with Crippen LogP contribution in [-0.4, -0.2) is 5.97 Å². The maximum atomic E-state index is 11.8. The number of hydrogen-bond donors (Lipinski definition) is 0. The molecule has 0 aromatic heterocycles. The Kier molecular flexibility index (Phi) is 3.04. The lowest BCUT2D eigenvalue weighted by Gasteiger charge is -2.27. The van der Waals surface area contributed by atoms with Gasteiger partial charge in [0.05, 0.1) is 5.92 Å². The normalized spacial score (nSPS) is 19.3. The topological polar surface area (TPSA) is 26.3 Å². The molecule has 1 aromatic carbocycles. The summed E-state index contributed by atoms with van der Waals surface area (Å²) in [7, 11) is 0. The molecule has 2 nitrogen and oxygen atoms in total. The molecule has 0 saturated carbocycles. The van der Waals surface area contributed by atoms with E-state index < -0.39 is 0 Å². The van der Waals surface area contributed by atoms with Crippen molar-refractivity contribution < 1.29 is 9.53 Å². The van der Waals surface area contributed by atoms with Gasteiger partial charge in [-0.05, 0) is 23.3 Å². The quantitative estimate of drug-likeness (QED) is 0.513. The van der Waals surface area contributed by atoms with Crippen molar-refractivity contribution >= 4 is 5.97 Å². The van der Waals surface area contributed by atoms with Gasteiger partial charge < -0.3 is 4.74 Å². The fourth-order valence-electron chi connectivity index (χ4n) is 2.39. The highest BCUT2D eigenvalue weighted by atomic mass is 16.5. The Morgan fingerprint density at radius 3 is 2.05 bits per heavy atom. The zero-order chi connectivity index (χ0) is 14.6. The Morgan fingerprint density at radius 2 is 1.58 bits per heavy atom. The van der Waals surface area contributed by atoms with Crippen LogP contribution in [0.3, 0.4) is 0 Å². The van der Waals surface area contributed by atoms with Gasteiger partial charge in [-0.1, -0.05) is 53.7 Å². The second kappa shape index (κ2) is 4.09. The van der Waals surface area contributed by atoms with Crippen molar-refractivity contribution in [3.05, 3.63) is 28.8 Å². The molecule has 0 N–H and O–H groups in total. The molecule has 19 heavy (non-hydrogen) atoms. The lowest BCUT2D eigenvalue weighted by molar-refractivity contribution is -0.133. The molecule has 0 saturated heterocycles. The molecule has 2 rings (SSSR count). The van der Waals surface area contributed by atoms with Crippen LogP contribution < -0.4 is 4.74 Å². The number of fused-ring (bicyclic) bond motifs is 1. The molecule has 1 atom stereocenters. The minimum atomic E-state index is -0.154. The number of benzene rings is 1. The number of ether oxygens (including phenoxy) is 1. The van der Waals surface area contributed by atoms with Gasteiger partial charge >= 0.3 is 5.97 Å². The van der Waals surface area contributed by atoms with E-state index in [0.29, 0.717) is 0 Å². The maximum Gasteiger partial charge on any atom is 0.318 e. The Morgan fingerprint density at radius 1 is 1.00 bits per heavy atom. The summed E-state index contributed by atoms with van der Waals surface area (Å²) in [4.78, 5) is 11.8.